The number of nitrogens with two attached hydrogens (primary N) is 1. The number of aryl methyl sites for hydroxylation is 2. The van der Waals surface area contributed by atoms with Gasteiger partial charge in [0.05, 0.1) is 0 Å². The minimum atomic E-state index is 0.638. The first-order valence-electron chi connectivity index (χ1n) is 6.84. The summed E-state index contributed by atoms with van der Waals surface area (Å²) >= 11 is 0. The van der Waals surface area contributed by atoms with Crippen LogP contribution in [-0.2, 0) is 12.8 Å². The van der Waals surface area contributed by atoms with Gasteiger partial charge in [0.1, 0.15) is 5.82 Å². The minimum absolute atomic E-state index is 0.638. The third-order valence-corrected chi connectivity index (χ3v) is 4.40. The molecule has 2 aliphatic carbocycles. The molecule has 3 nitrogen and oxygen atoms in total. The quantitative estimate of drug-likeness (QED) is 0.848. The zero-order valence-corrected chi connectivity index (χ0v) is 10.6. The summed E-state index contributed by atoms with van der Waals surface area (Å²) in [5.74, 6) is 2.39. The van der Waals surface area contributed by atoms with Crippen LogP contribution in [0, 0.1) is 12.8 Å². The number of hydrogen-bond donors (Lipinski definition) is 1. The number of rotatable bonds is 2. The van der Waals surface area contributed by atoms with Crippen LogP contribution in [0.1, 0.15) is 54.4 Å². The molecule has 0 bridgehead atoms. The van der Waals surface area contributed by atoms with Crippen molar-refractivity contribution in [2.45, 2.75) is 51.4 Å². The molecule has 1 saturated carbocycles. The molecule has 1 fully saturated rings. The molecule has 3 heteroatoms. The van der Waals surface area contributed by atoms with Gasteiger partial charge in [0.2, 0.25) is 0 Å². The summed E-state index contributed by atoms with van der Waals surface area (Å²) in [4.78, 5) is 9.54. The Hall–Kier alpha value is -0.960. The van der Waals surface area contributed by atoms with Gasteiger partial charge in [0, 0.05) is 17.3 Å². The van der Waals surface area contributed by atoms with Crippen molar-refractivity contribution in [1.29, 1.82) is 0 Å². The second-order valence-electron chi connectivity index (χ2n) is 5.56. The first-order chi connectivity index (χ1) is 8.28. The molecule has 0 spiro atoms. The topological polar surface area (TPSA) is 51.8 Å². The molecule has 1 aromatic rings. The molecule has 0 saturated heterocycles. The summed E-state index contributed by atoms with van der Waals surface area (Å²) < 4.78 is 0. The summed E-state index contributed by atoms with van der Waals surface area (Å²) in [6.07, 6.45) is 7.29. The van der Waals surface area contributed by atoms with E-state index >= 15 is 0 Å². The highest BCUT2D eigenvalue weighted by atomic mass is 14.9. The molecule has 92 valence electrons. The van der Waals surface area contributed by atoms with Crippen LogP contribution in [0.25, 0.3) is 0 Å². The maximum absolute atomic E-state index is 5.78. The summed E-state index contributed by atoms with van der Waals surface area (Å²) in [5.41, 5.74) is 9.68. The van der Waals surface area contributed by atoms with Crippen molar-refractivity contribution in [2.75, 3.05) is 6.54 Å². The molecular weight excluding hydrogens is 210 g/mol. The SMILES string of the molecule is Cc1nc(C2CCC2)nc2c1CC(CN)CC2. The van der Waals surface area contributed by atoms with E-state index in [0.717, 1.165) is 25.2 Å². The molecule has 1 atom stereocenters. The van der Waals surface area contributed by atoms with E-state index in [-0.39, 0.29) is 0 Å². The predicted molar refractivity (Wildman–Crippen MR) is 67.9 cm³/mol. The molecular formula is C14H21N3. The first-order valence-corrected chi connectivity index (χ1v) is 6.84. The van der Waals surface area contributed by atoms with Crippen molar-refractivity contribution in [3.63, 3.8) is 0 Å². The summed E-state index contributed by atoms with van der Waals surface area (Å²) in [5, 5.41) is 0. The van der Waals surface area contributed by atoms with Crippen LogP contribution < -0.4 is 5.73 Å². The molecule has 1 aromatic heterocycles. The fourth-order valence-electron chi connectivity index (χ4n) is 2.93. The van der Waals surface area contributed by atoms with E-state index in [1.165, 1.54) is 42.6 Å². The van der Waals surface area contributed by atoms with Gasteiger partial charge in [-0.1, -0.05) is 6.42 Å². The highest BCUT2D eigenvalue weighted by Crippen LogP contribution is 2.36. The molecule has 17 heavy (non-hydrogen) atoms. The first kappa shape index (κ1) is 11.1. The smallest absolute Gasteiger partial charge is 0.131 e. The second kappa shape index (κ2) is 4.37. The minimum Gasteiger partial charge on any atom is -0.330 e. The lowest BCUT2D eigenvalue weighted by molar-refractivity contribution is 0.394. The van der Waals surface area contributed by atoms with Crippen LogP contribution >= 0.6 is 0 Å². The highest BCUT2D eigenvalue weighted by molar-refractivity contribution is 5.29. The van der Waals surface area contributed by atoms with E-state index in [1.807, 2.05) is 0 Å². The van der Waals surface area contributed by atoms with Gasteiger partial charge < -0.3 is 5.73 Å². The fourth-order valence-corrected chi connectivity index (χ4v) is 2.93. The van der Waals surface area contributed by atoms with E-state index in [4.69, 9.17) is 15.7 Å². The molecule has 3 rings (SSSR count). The molecule has 1 unspecified atom stereocenters. The lowest BCUT2D eigenvalue weighted by Crippen LogP contribution is -2.25. The van der Waals surface area contributed by atoms with Gasteiger partial charge in [-0.15, -0.1) is 0 Å². The van der Waals surface area contributed by atoms with Gasteiger partial charge in [-0.2, -0.15) is 0 Å². The number of aromatic nitrogens is 2. The van der Waals surface area contributed by atoms with Crippen molar-refractivity contribution in [3.05, 3.63) is 22.8 Å². The summed E-state index contributed by atoms with van der Waals surface area (Å²) in [6, 6.07) is 0. The molecule has 2 aliphatic rings. The van der Waals surface area contributed by atoms with E-state index in [9.17, 15) is 0 Å². The maximum atomic E-state index is 5.78. The zero-order valence-electron chi connectivity index (χ0n) is 10.6. The van der Waals surface area contributed by atoms with Crippen LogP contribution in [0.2, 0.25) is 0 Å². The van der Waals surface area contributed by atoms with Gasteiger partial charge in [0.15, 0.2) is 0 Å². The van der Waals surface area contributed by atoms with Crippen LogP contribution in [0.4, 0.5) is 0 Å². The van der Waals surface area contributed by atoms with E-state index in [0.29, 0.717) is 11.8 Å². The standard InChI is InChI=1S/C14H21N3/c1-9-12-7-10(8-15)5-6-13(12)17-14(16-9)11-3-2-4-11/h10-11H,2-8,15H2,1H3. The van der Waals surface area contributed by atoms with Crippen LogP contribution in [0.5, 0.6) is 0 Å². The third-order valence-electron chi connectivity index (χ3n) is 4.40. The molecule has 2 N–H and O–H groups in total. The number of nitrogens with zero attached hydrogens (tertiary/aromatic N) is 2. The Morgan fingerprint density at radius 1 is 1.24 bits per heavy atom. The second-order valence-corrected chi connectivity index (χ2v) is 5.56. The average molecular weight is 231 g/mol. The fraction of sp³-hybridized carbons (Fsp3) is 0.714. The highest BCUT2D eigenvalue weighted by Gasteiger charge is 2.26. The Morgan fingerprint density at radius 3 is 2.71 bits per heavy atom. The third kappa shape index (κ3) is 1.97. The van der Waals surface area contributed by atoms with Crippen LogP contribution in [0.15, 0.2) is 0 Å². The normalized spacial score (nSPS) is 24.2. The molecule has 0 aromatic carbocycles. The van der Waals surface area contributed by atoms with Crippen molar-refractivity contribution in [1.82, 2.24) is 9.97 Å². The van der Waals surface area contributed by atoms with E-state index in [1.54, 1.807) is 0 Å². The molecule has 0 radical (unpaired) electrons. The lowest BCUT2D eigenvalue weighted by Gasteiger charge is -2.28. The van der Waals surface area contributed by atoms with Crippen LogP contribution in [0.3, 0.4) is 0 Å². The van der Waals surface area contributed by atoms with Gasteiger partial charge in [-0.25, -0.2) is 9.97 Å². The summed E-state index contributed by atoms with van der Waals surface area (Å²) in [6.45, 7) is 2.94. The van der Waals surface area contributed by atoms with Gasteiger partial charge in [0.25, 0.3) is 0 Å². The van der Waals surface area contributed by atoms with Crippen LogP contribution in [-0.4, -0.2) is 16.5 Å². The Labute approximate surface area is 103 Å². The number of fused-ring (bicyclic) bond motifs is 1. The van der Waals surface area contributed by atoms with Gasteiger partial charge in [-0.3, -0.25) is 0 Å². The Bertz CT molecular complexity index is 424. The Balaban J connectivity index is 1.92. The molecule has 1 heterocycles. The Kier molecular flexibility index (Phi) is 2.87. The van der Waals surface area contributed by atoms with Gasteiger partial charge in [-0.05, 0) is 57.1 Å². The Morgan fingerprint density at radius 2 is 2.06 bits per heavy atom. The van der Waals surface area contributed by atoms with E-state index < -0.39 is 0 Å². The largest absolute Gasteiger partial charge is 0.330 e. The molecule has 0 amide bonds. The van der Waals surface area contributed by atoms with Crippen molar-refractivity contribution in [3.8, 4) is 0 Å². The summed E-state index contributed by atoms with van der Waals surface area (Å²) in [7, 11) is 0. The molecule has 0 aliphatic heterocycles. The monoisotopic (exact) mass is 231 g/mol. The zero-order chi connectivity index (χ0) is 11.8. The number of hydrogen-bond acceptors (Lipinski definition) is 3. The van der Waals surface area contributed by atoms with E-state index in [2.05, 4.69) is 6.92 Å². The van der Waals surface area contributed by atoms with Crippen molar-refractivity contribution >= 4 is 0 Å². The van der Waals surface area contributed by atoms with Crippen molar-refractivity contribution in [2.24, 2.45) is 11.7 Å². The predicted octanol–water partition coefficient (Wildman–Crippen LogP) is 2.12. The van der Waals surface area contributed by atoms with Gasteiger partial charge >= 0.3 is 0 Å². The lowest BCUT2D eigenvalue weighted by atomic mass is 9.83. The average Bonchev–Trinajstić information content (AvgIpc) is 2.26. The maximum Gasteiger partial charge on any atom is 0.131 e. The van der Waals surface area contributed by atoms with Crippen molar-refractivity contribution < 1.29 is 0 Å².